The van der Waals surface area contributed by atoms with Gasteiger partial charge in [-0.2, -0.15) is 5.26 Å². The number of para-hydroxylation sites is 3. The van der Waals surface area contributed by atoms with Gasteiger partial charge in [0.05, 0.1) is 36.1 Å². The first-order valence-electron chi connectivity index (χ1n) is 9.94. The molecule has 29 heavy (non-hydrogen) atoms. The Morgan fingerprint density at radius 1 is 1.17 bits per heavy atom. The van der Waals surface area contributed by atoms with Crippen molar-refractivity contribution in [1.82, 2.24) is 14.5 Å². The largest absolute Gasteiger partial charge is 0.327 e. The fourth-order valence-electron chi connectivity index (χ4n) is 3.51. The number of hydrogen-bond donors (Lipinski definition) is 0. The number of anilines is 1. The van der Waals surface area contributed by atoms with Gasteiger partial charge in [-0.15, -0.1) is 0 Å². The summed E-state index contributed by atoms with van der Waals surface area (Å²) in [6, 6.07) is 19.4. The SMILES string of the molecule is CCn1c(CN(C)[C@H](C)C(=O)N(CCC#N)c2ccccc2)nc2ccccc21. The normalized spacial score (nSPS) is 12.1. The van der Waals surface area contributed by atoms with Gasteiger partial charge < -0.3 is 9.47 Å². The molecule has 0 saturated heterocycles. The Hall–Kier alpha value is -3.17. The Morgan fingerprint density at radius 3 is 2.55 bits per heavy atom. The third-order valence-electron chi connectivity index (χ3n) is 5.24. The first-order chi connectivity index (χ1) is 14.1. The van der Waals surface area contributed by atoms with Crippen molar-refractivity contribution >= 4 is 22.6 Å². The van der Waals surface area contributed by atoms with Crippen LogP contribution < -0.4 is 4.90 Å². The maximum absolute atomic E-state index is 13.3. The Labute approximate surface area is 172 Å². The molecular formula is C23H27N5O. The number of aryl methyl sites for hydroxylation is 1. The van der Waals surface area contributed by atoms with Gasteiger partial charge in [-0.05, 0) is 45.2 Å². The highest BCUT2D eigenvalue weighted by molar-refractivity contribution is 5.96. The minimum atomic E-state index is -0.348. The zero-order valence-corrected chi connectivity index (χ0v) is 17.2. The van der Waals surface area contributed by atoms with Crippen LogP contribution in [0.3, 0.4) is 0 Å². The molecule has 0 unspecified atom stereocenters. The summed E-state index contributed by atoms with van der Waals surface area (Å²) in [7, 11) is 1.94. The number of hydrogen-bond acceptors (Lipinski definition) is 4. The number of carbonyl (C=O) groups excluding carboxylic acids is 1. The molecule has 6 nitrogen and oxygen atoms in total. The fourth-order valence-corrected chi connectivity index (χ4v) is 3.51. The maximum Gasteiger partial charge on any atom is 0.244 e. The lowest BCUT2D eigenvalue weighted by molar-refractivity contribution is -0.123. The van der Waals surface area contributed by atoms with Crippen LogP contribution in [0.1, 0.15) is 26.1 Å². The van der Waals surface area contributed by atoms with Crippen LogP contribution in [0.5, 0.6) is 0 Å². The Kier molecular flexibility index (Phi) is 6.63. The Balaban J connectivity index is 1.80. The summed E-state index contributed by atoms with van der Waals surface area (Å²) in [6.45, 7) is 5.78. The summed E-state index contributed by atoms with van der Waals surface area (Å²) < 4.78 is 2.19. The summed E-state index contributed by atoms with van der Waals surface area (Å²) in [5.41, 5.74) is 2.89. The van der Waals surface area contributed by atoms with E-state index in [1.54, 1.807) is 4.90 Å². The molecule has 3 aromatic rings. The molecule has 0 aliphatic carbocycles. The van der Waals surface area contributed by atoms with E-state index in [0.29, 0.717) is 19.5 Å². The molecule has 150 valence electrons. The number of fused-ring (bicyclic) bond motifs is 1. The molecule has 1 heterocycles. The van der Waals surface area contributed by atoms with Crippen LogP contribution in [0, 0.1) is 11.3 Å². The second kappa shape index (κ2) is 9.35. The predicted molar refractivity (Wildman–Crippen MR) is 115 cm³/mol. The van der Waals surface area contributed by atoms with E-state index in [9.17, 15) is 4.79 Å². The maximum atomic E-state index is 13.3. The van der Waals surface area contributed by atoms with Gasteiger partial charge in [0.25, 0.3) is 0 Å². The Bertz CT molecular complexity index is 1010. The van der Waals surface area contributed by atoms with Crippen molar-refractivity contribution in [3.05, 3.63) is 60.4 Å². The molecule has 1 amide bonds. The van der Waals surface area contributed by atoms with Crippen LogP contribution in [0.25, 0.3) is 11.0 Å². The van der Waals surface area contributed by atoms with Crippen molar-refractivity contribution in [2.24, 2.45) is 0 Å². The number of carbonyl (C=O) groups is 1. The molecule has 2 aromatic carbocycles. The molecule has 3 rings (SSSR count). The zero-order valence-electron chi connectivity index (χ0n) is 17.2. The Morgan fingerprint density at radius 2 is 1.86 bits per heavy atom. The van der Waals surface area contributed by atoms with Crippen LogP contribution in [0.2, 0.25) is 0 Å². The van der Waals surface area contributed by atoms with Crippen molar-refractivity contribution in [2.75, 3.05) is 18.5 Å². The lowest BCUT2D eigenvalue weighted by Crippen LogP contribution is -2.46. The van der Waals surface area contributed by atoms with Gasteiger partial charge in [0.1, 0.15) is 5.82 Å². The second-order valence-electron chi connectivity index (χ2n) is 7.09. The first-order valence-corrected chi connectivity index (χ1v) is 9.94. The third kappa shape index (κ3) is 4.47. The highest BCUT2D eigenvalue weighted by Gasteiger charge is 2.26. The van der Waals surface area contributed by atoms with Crippen molar-refractivity contribution in [2.45, 2.75) is 39.4 Å². The lowest BCUT2D eigenvalue weighted by atomic mass is 10.2. The summed E-state index contributed by atoms with van der Waals surface area (Å²) >= 11 is 0. The topological polar surface area (TPSA) is 65.2 Å². The van der Waals surface area contributed by atoms with Gasteiger partial charge in [-0.3, -0.25) is 9.69 Å². The van der Waals surface area contributed by atoms with E-state index >= 15 is 0 Å². The summed E-state index contributed by atoms with van der Waals surface area (Å²) in [5.74, 6) is 0.923. The van der Waals surface area contributed by atoms with Crippen molar-refractivity contribution in [1.29, 1.82) is 5.26 Å². The van der Waals surface area contributed by atoms with Gasteiger partial charge in [0.2, 0.25) is 5.91 Å². The molecule has 0 saturated carbocycles. The summed E-state index contributed by atoms with van der Waals surface area (Å²) in [4.78, 5) is 21.7. The van der Waals surface area contributed by atoms with Gasteiger partial charge in [0, 0.05) is 18.8 Å². The molecular weight excluding hydrogens is 362 g/mol. The number of amides is 1. The fraction of sp³-hybridized carbons (Fsp3) is 0.348. The molecule has 0 spiro atoms. The minimum Gasteiger partial charge on any atom is -0.327 e. The number of nitrogens with zero attached hydrogens (tertiary/aromatic N) is 5. The molecule has 0 aliphatic rings. The van der Waals surface area contributed by atoms with E-state index in [0.717, 1.165) is 29.1 Å². The summed E-state index contributed by atoms with van der Waals surface area (Å²) in [6.07, 6.45) is 0.294. The van der Waals surface area contributed by atoms with E-state index < -0.39 is 0 Å². The molecule has 6 heteroatoms. The molecule has 0 radical (unpaired) electrons. The number of likely N-dealkylation sites (N-methyl/N-ethyl adjacent to an activating group) is 1. The highest BCUT2D eigenvalue weighted by Crippen LogP contribution is 2.20. The second-order valence-corrected chi connectivity index (χ2v) is 7.09. The van der Waals surface area contributed by atoms with Crippen molar-refractivity contribution in [3.8, 4) is 6.07 Å². The number of imidazole rings is 1. The van der Waals surface area contributed by atoms with E-state index in [4.69, 9.17) is 10.2 Å². The first kappa shape index (κ1) is 20.6. The molecule has 0 N–H and O–H groups in total. The number of rotatable bonds is 8. The van der Waals surface area contributed by atoms with E-state index in [1.807, 2.05) is 67.4 Å². The molecule has 1 atom stereocenters. The van der Waals surface area contributed by atoms with Crippen molar-refractivity contribution in [3.63, 3.8) is 0 Å². The minimum absolute atomic E-state index is 0.0203. The molecule has 0 fully saturated rings. The average molecular weight is 390 g/mol. The summed E-state index contributed by atoms with van der Waals surface area (Å²) in [5, 5.41) is 9.00. The predicted octanol–water partition coefficient (Wildman–Crippen LogP) is 3.82. The van der Waals surface area contributed by atoms with Crippen molar-refractivity contribution < 1.29 is 4.79 Å². The molecule has 0 aliphatic heterocycles. The third-order valence-corrected chi connectivity index (χ3v) is 5.24. The van der Waals surface area contributed by atoms with Crippen LogP contribution in [-0.4, -0.2) is 40.0 Å². The number of aromatic nitrogens is 2. The zero-order chi connectivity index (χ0) is 20.8. The quantitative estimate of drug-likeness (QED) is 0.587. The molecule has 0 bridgehead atoms. The standard InChI is InChI=1S/C23H27N5O/c1-4-27-21-14-9-8-13-20(21)25-22(27)17-26(3)18(2)23(29)28(16-10-15-24)19-11-6-5-7-12-19/h5-9,11-14,18H,4,10,16-17H2,1-3H3/t18-/m1/s1. The van der Waals surface area contributed by atoms with E-state index in [2.05, 4.69) is 23.6 Å². The van der Waals surface area contributed by atoms with Gasteiger partial charge in [0.15, 0.2) is 0 Å². The lowest BCUT2D eigenvalue weighted by Gasteiger charge is -2.30. The van der Waals surface area contributed by atoms with Crippen LogP contribution in [-0.2, 0) is 17.9 Å². The smallest absolute Gasteiger partial charge is 0.244 e. The van der Waals surface area contributed by atoms with E-state index in [1.165, 1.54) is 0 Å². The molecule has 1 aromatic heterocycles. The van der Waals surface area contributed by atoms with Gasteiger partial charge in [-0.25, -0.2) is 4.98 Å². The number of nitriles is 1. The number of benzene rings is 2. The monoisotopic (exact) mass is 389 g/mol. The average Bonchev–Trinajstić information content (AvgIpc) is 3.10. The van der Waals surface area contributed by atoms with Crippen LogP contribution in [0.15, 0.2) is 54.6 Å². The van der Waals surface area contributed by atoms with E-state index in [-0.39, 0.29) is 11.9 Å². The van der Waals surface area contributed by atoms with Crippen LogP contribution in [0.4, 0.5) is 5.69 Å². The van der Waals surface area contributed by atoms with Crippen LogP contribution >= 0.6 is 0 Å². The van der Waals surface area contributed by atoms with Gasteiger partial charge >= 0.3 is 0 Å². The highest BCUT2D eigenvalue weighted by atomic mass is 16.2. The van der Waals surface area contributed by atoms with Gasteiger partial charge in [-0.1, -0.05) is 30.3 Å².